The molecule has 118 valence electrons. The molecule has 1 N–H and O–H groups in total. The van der Waals surface area contributed by atoms with Gasteiger partial charge in [0.05, 0.1) is 6.04 Å². The number of H-pyrrole nitrogens is 1. The van der Waals surface area contributed by atoms with Crippen LogP contribution in [0.25, 0.3) is 10.9 Å². The number of nitrogens with one attached hydrogen (secondary N) is 1. The summed E-state index contributed by atoms with van der Waals surface area (Å²) in [5.74, 6) is 0. The van der Waals surface area contributed by atoms with Crippen LogP contribution in [0.15, 0.2) is 46.5 Å². The van der Waals surface area contributed by atoms with Crippen molar-refractivity contribution in [3.63, 3.8) is 0 Å². The van der Waals surface area contributed by atoms with Crippen molar-refractivity contribution in [1.82, 2.24) is 9.88 Å². The third-order valence-electron chi connectivity index (χ3n) is 4.89. The van der Waals surface area contributed by atoms with Gasteiger partial charge in [0, 0.05) is 27.6 Å². The Morgan fingerprint density at radius 1 is 1.35 bits per heavy atom. The molecule has 0 saturated carbocycles. The molecule has 1 atom stereocenters. The molecule has 0 bridgehead atoms. The van der Waals surface area contributed by atoms with Crippen molar-refractivity contribution in [2.45, 2.75) is 31.7 Å². The number of halogens is 1. The van der Waals surface area contributed by atoms with Crippen molar-refractivity contribution in [1.29, 1.82) is 0 Å². The number of fused-ring (bicyclic) bond motifs is 3. The average molecular weight is 371 g/mol. The van der Waals surface area contributed by atoms with Crippen molar-refractivity contribution in [2.24, 2.45) is 0 Å². The fourth-order valence-corrected chi connectivity index (χ4v) is 4.11. The Balaban J connectivity index is 1.78. The minimum Gasteiger partial charge on any atom is -0.356 e. The second-order valence-electron chi connectivity index (χ2n) is 6.28. The van der Waals surface area contributed by atoms with Gasteiger partial charge in [-0.05, 0) is 55.0 Å². The van der Waals surface area contributed by atoms with Gasteiger partial charge in [0.2, 0.25) is 6.41 Å². The summed E-state index contributed by atoms with van der Waals surface area (Å²) in [5, 5.41) is 1.28. The molecule has 2 aliphatic rings. The summed E-state index contributed by atoms with van der Waals surface area (Å²) < 4.78 is 1.10. The number of amides is 1. The van der Waals surface area contributed by atoms with Gasteiger partial charge in [0.15, 0.2) is 0 Å². The maximum Gasteiger partial charge on any atom is 0.210 e. The van der Waals surface area contributed by atoms with Crippen molar-refractivity contribution in [3.8, 4) is 0 Å². The number of allylic oxidation sites excluding steroid dienone is 3. The third-order valence-corrected chi connectivity index (χ3v) is 5.38. The number of carbonyl (C=O) groups excluding carboxylic acids is 1. The van der Waals surface area contributed by atoms with Gasteiger partial charge in [-0.25, -0.2) is 0 Å². The summed E-state index contributed by atoms with van der Waals surface area (Å²) >= 11 is 3.57. The lowest BCUT2D eigenvalue weighted by Crippen LogP contribution is -2.34. The summed E-state index contributed by atoms with van der Waals surface area (Å²) in [7, 11) is 0. The first kappa shape index (κ1) is 14.8. The summed E-state index contributed by atoms with van der Waals surface area (Å²) in [5.41, 5.74) is 5.06. The van der Waals surface area contributed by atoms with Crippen LogP contribution in [0.4, 0.5) is 0 Å². The molecule has 4 heteroatoms. The summed E-state index contributed by atoms with van der Waals surface area (Å²) in [6, 6.07) is 6.46. The maximum absolute atomic E-state index is 11.6. The van der Waals surface area contributed by atoms with Crippen LogP contribution in [0.5, 0.6) is 0 Å². The predicted octanol–water partition coefficient (Wildman–Crippen LogP) is 4.65. The molecule has 1 aromatic carbocycles. The van der Waals surface area contributed by atoms with E-state index in [9.17, 15) is 4.79 Å². The molecule has 0 fully saturated rings. The van der Waals surface area contributed by atoms with Gasteiger partial charge in [-0.2, -0.15) is 0 Å². The number of hydrogen-bond donors (Lipinski definition) is 1. The number of rotatable bonds is 3. The molecular weight excluding hydrogens is 352 g/mol. The highest BCUT2D eigenvalue weighted by Crippen LogP contribution is 2.38. The second kappa shape index (κ2) is 6.00. The zero-order valence-corrected chi connectivity index (χ0v) is 14.5. The van der Waals surface area contributed by atoms with Gasteiger partial charge in [0.1, 0.15) is 0 Å². The molecule has 1 amide bonds. The summed E-state index contributed by atoms with van der Waals surface area (Å²) in [4.78, 5) is 17.1. The van der Waals surface area contributed by atoms with E-state index in [0.29, 0.717) is 0 Å². The second-order valence-corrected chi connectivity index (χ2v) is 7.19. The Morgan fingerprint density at radius 3 is 3.04 bits per heavy atom. The molecule has 2 aromatic rings. The molecule has 1 aliphatic heterocycles. The van der Waals surface area contributed by atoms with E-state index in [4.69, 9.17) is 0 Å². The van der Waals surface area contributed by atoms with E-state index in [1.807, 2.05) is 4.90 Å². The molecule has 23 heavy (non-hydrogen) atoms. The molecule has 3 nitrogen and oxygen atoms in total. The van der Waals surface area contributed by atoms with Gasteiger partial charge < -0.3 is 9.88 Å². The highest BCUT2D eigenvalue weighted by molar-refractivity contribution is 9.10. The predicted molar refractivity (Wildman–Crippen MR) is 96.3 cm³/mol. The van der Waals surface area contributed by atoms with E-state index in [1.165, 1.54) is 22.2 Å². The van der Waals surface area contributed by atoms with Crippen LogP contribution in [0, 0.1) is 0 Å². The lowest BCUT2D eigenvalue weighted by Gasteiger charge is -2.33. The van der Waals surface area contributed by atoms with Crippen LogP contribution in [0.2, 0.25) is 0 Å². The van der Waals surface area contributed by atoms with Crippen LogP contribution in [0.3, 0.4) is 0 Å². The van der Waals surface area contributed by atoms with Crippen molar-refractivity contribution in [2.75, 3.05) is 6.54 Å². The molecule has 1 aliphatic carbocycles. The maximum atomic E-state index is 11.6. The number of aromatic nitrogens is 1. The molecule has 0 spiro atoms. The number of nitrogens with zero attached hydrogens (tertiary/aromatic N) is 1. The Labute approximate surface area is 144 Å². The van der Waals surface area contributed by atoms with Crippen LogP contribution in [-0.4, -0.2) is 22.8 Å². The summed E-state index contributed by atoms with van der Waals surface area (Å²) in [6.07, 6.45) is 11.8. The van der Waals surface area contributed by atoms with Crippen LogP contribution < -0.4 is 0 Å². The third kappa shape index (κ3) is 2.65. The van der Waals surface area contributed by atoms with Crippen LogP contribution >= 0.6 is 15.9 Å². The smallest absolute Gasteiger partial charge is 0.210 e. The first-order valence-electron chi connectivity index (χ1n) is 8.13. The largest absolute Gasteiger partial charge is 0.356 e. The number of hydrogen-bond acceptors (Lipinski definition) is 1. The van der Waals surface area contributed by atoms with Gasteiger partial charge in [-0.1, -0.05) is 34.2 Å². The monoisotopic (exact) mass is 370 g/mol. The quantitative estimate of drug-likeness (QED) is 0.784. The van der Waals surface area contributed by atoms with Gasteiger partial charge >= 0.3 is 0 Å². The van der Waals surface area contributed by atoms with Crippen LogP contribution in [0.1, 0.15) is 36.6 Å². The topological polar surface area (TPSA) is 36.1 Å². The highest BCUT2D eigenvalue weighted by Gasteiger charge is 2.30. The minimum atomic E-state index is 0.108. The Morgan fingerprint density at radius 2 is 2.26 bits per heavy atom. The Hall–Kier alpha value is -1.81. The van der Waals surface area contributed by atoms with Crippen molar-refractivity contribution in [3.05, 3.63) is 57.7 Å². The van der Waals surface area contributed by atoms with E-state index >= 15 is 0 Å². The van der Waals surface area contributed by atoms with Crippen LogP contribution in [-0.2, 0) is 11.2 Å². The first-order valence-corrected chi connectivity index (χ1v) is 8.92. The standard InChI is InChI=1S/C19H19BrN2O/c20-14-6-7-17-16(11-14)15-8-9-22(12-23)18(19(15)21-17)10-13-4-2-1-3-5-13/h2,4-7,11-12,18,21H,1,3,8-10H2. The lowest BCUT2D eigenvalue weighted by molar-refractivity contribution is -0.120. The number of benzene rings is 1. The first-order chi connectivity index (χ1) is 11.3. The normalized spacial score (nSPS) is 20.5. The fraction of sp³-hybridized carbons (Fsp3) is 0.316. The summed E-state index contributed by atoms with van der Waals surface area (Å²) in [6.45, 7) is 0.789. The SMILES string of the molecule is O=CN1CCc2c([nH]c3ccc(Br)cc23)C1CC1=CCCC=C1. The van der Waals surface area contributed by atoms with Gasteiger partial charge in [-0.3, -0.25) is 4.79 Å². The van der Waals surface area contributed by atoms with Gasteiger partial charge in [0.25, 0.3) is 0 Å². The Bertz CT molecular complexity index is 818. The van der Waals surface area contributed by atoms with E-state index in [2.05, 4.69) is 57.3 Å². The molecule has 4 rings (SSSR count). The molecule has 0 radical (unpaired) electrons. The van der Waals surface area contributed by atoms with E-state index < -0.39 is 0 Å². The van der Waals surface area contributed by atoms with E-state index in [1.54, 1.807) is 0 Å². The molecule has 1 aromatic heterocycles. The zero-order chi connectivity index (χ0) is 15.8. The molecule has 0 saturated heterocycles. The number of carbonyl (C=O) groups is 1. The minimum absolute atomic E-state index is 0.108. The van der Waals surface area contributed by atoms with E-state index in [0.717, 1.165) is 48.6 Å². The molecule has 1 unspecified atom stereocenters. The average Bonchev–Trinajstić information content (AvgIpc) is 2.94. The van der Waals surface area contributed by atoms with E-state index in [-0.39, 0.29) is 6.04 Å². The zero-order valence-electron chi connectivity index (χ0n) is 12.9. The van der Waals surface area contributed by atoms with Gasteiger partial charge in [-0.15, -0.1) is 0 Å². The number of aromatic amines is 1. The molecular formula is C19H19BrN2O. The van der Waals surface area contributed by atoms with Crippen molar-refractivity contribution < 1.29 is 4.79 Å². The highest BCUT2D eigenvalue weighted by atomic mass is 79.9. The molecule has 2 heterocycles. The fourth-order valence-electron chi connectivity index (χ4n) is 3.74. The Kier molecular flexibility index (Phi) is 3.85. The van der Waals surface area contributed by atoms with Crippen molar-refractivity contribution >= 4 is 33.2 Å². The lowest BCUT2D eigenvalue weighted by atomic mass is 9.91.